The largest absolute Gasteiger partial charge is 0.322 e. The summed E-state index contributed by atoms with van der Waals surface area (Å²) >= 11 is 3.12. The standard InChI is InChI=1S/C15H12BrFN4O2/c1-8-9(2)20-21(15(23)11(8)6-18)7-14(22)19-13-4-3-10(16)5-12(13)17/h3-5H,7H2,1-2H3,(H,19,22). The van der Waals surface area contributed by atoms with E-state index in [0.717, 1.165) is 4.68 Å². The lowest BCUT2D eigenvalue weighted by Gasteiger charge is -2.10. The number of anilines is 1. The molecule has 2 rings (SSSR count). The smallest absolute Gasteiger partial charge is 0.285 e. The van der Waals surface area contributed by atoms with Crippen molar-refractivity contribution >= 4 is 27.5 Å². The van der Waals surface area contributed by atoms with Crippen molar-refractivity contribution < 1.29 is 9.18 Å². The van der Waals surface area contributed by atoms with Crippen LogP contribution in [0.2, 0.25) is 0 Å². The lowest BCUT2D eigenvalue weighted by atomic mass is 10.1. The Morgan fingerprint density at radius 1 is 1.48 bits per heavy atom. The number of amides is 1. The molecule has 1 N–H and O–H groups in total. The summed E-state index contributed by atoms with van der Waals surface area (Å²) in [5.74, 6) is -1.22. The average molecular weight is 379 g/mol. The fourth-order valence-electron chi connectivity index (χ4n) is 1.93. The van der Waals surface area contributed by atoms with Crippen LogP contribution in [0.1, 0.15) is 16.8 Å². The summed E-state index contributed by atoms with van der Waals surface area (Å²) in [6.45, 7) is 2.84. The molecule has 1 aromatic carbocycles. The molecule has 23 heavy (non-hydrogen) atoms. The number of rotatable bonds is 3. The number of halogens is 2. The molecule has 0 radical (unpaired) electrons. The Labute approximate surface area is 139 Å². The highest BCUT2D eigenvalue weighted by molar-refractivity contribution is 9.10. The molecule has 0 aliphatic carbocycles. The molecule has 1 amide bonds. The first-order valence-electron chi connectivity index (χ1n) is 6.56. The number of carbonyl (C=O) groups is 1. The fourth-order valence-corrected chi connectivity index (χ4v) is 2.26. The van der Waals surface area contributed by atoms with Crippen molar-refractivity contribution in [3.05, 3.63) is 55.7 Å². The number of nitrogens with one attached hydrogen (secondary N) is 1. The molecule has 0 bridgehead atoms. The van der Waals surface area contributed by atoms with E-state index in [-0.39, 0.29) is 11.3 Å². The zero-order chi connectivity index (χ0) is 17.1. The van der Waals surface area contributed by atoms with E-state index in [9.17, 15) is 14.0 Å². The Balaban J connectivity index is 2.26. The Hall–Kier alpha value is -2.53. The second kappa shape index (κ2) is 6.71. The van der Waals surface area contributed by atoms with Crippen molar-refractivity contribution in [2.24, 2.45) is 0 Å². The third-order valence-electron chi connectivity index (χ3n) is 3.25. The van der Waals surface area contributed by atoms with Gasteiger partial charge in [-0.15, -0.1) is 0 Å². The zero-order valence-electron chi connectivity index (χ0n) is 12.4. The quantitative estimate of drug-likeness (QED) is 0.886. The van der Waals surface area contributed by atoms with Crippen LogP contribution < -0.4 is 10.9 Å². The lowest BCUT2D eigenvalue weighted by molar-refractivity contribution is -0.117. The molecular weight excluding hydrogens is 367 g/mol. The molecular formula is C15H12BrFN4O2. The van der Waals surface area contributed by atoms with Gasteiger partial charge in [0.15, 0.2) is 0 Å². The van der Waals surface area contributed by atoms with Gasteiger partial charge in [0.05, 0.1) is 11.4 Å². The van der Waals surface area contributed by atoms with E-state index in [1.165, 1.54) is 12.1 Å². The number of nitriles is 1. The second-order valence-electron chi connectivity index (χ2n) is 4.83. The van der Waals surface area contributed by atoms with Gasteiger partial charge >= 0.3 is 0 Å². The molecule has 2 aromatic rings. The van der Waals surface area contributed by atoms with E-state index in [0.29, 0.717) is 15.7 Å². The van der Waals surface area contributed by atoms with E-state index >= 15 is 0 Å². The summed E-state index contributed by atoms with van der Waals surface area (Å²) in [5.41, 5.74) is 0.245. The number of nitrogens with zero attached hydrogens (tertiary/aromatic N) is 3. The van der Waals surface area contributed by atoms with Crippen molar-refractivity contribution in [3.8, 4) is 6.07 Å². The van der Waals surface area contributed by atoms with Crippen molar-refractivity contribution in [2.45, 2.75) is 20.4 Å². The van der Waals surface area contributed by atoms with Crippen LogP contribution in [0.5, 0.6) is 0 Å². The molecule has 0 aliphatic heterocycles. The third kappa shape index (κ3) is 3.63. The van der Waals surface area contributed by atoms with Crippen LogP contribution in [0.4, 0.5) is 10.1 Å². The highest BCUT2D eigenvalue weighted by Gasteiger charge is 2.14. The summed E-state index contributed by atoms with van der Waals surface area (Å²) in [4.78, 5) is 24.1. The normalized spacial score (nSPS) is 10.2. The monoisotopic (exact) mass is 378 g/mol. The Kier molecular flexibility index (Phi) is 4.91. The van der Waals surface area contributed by atoms with E-state index < -0.39 is 23.8 Å². The average Bonchev–Trinajstić information content (AvgIpc) is 2.48. The number of aromatic nitrogens is 2. The maximum absolute atomic E-state index is 13.7. The van der Waals surface area contributed by atoms with Crippen molar-refractivity contribution in [2.75, 3.05) is 5.32 Å². The molecule has 0 spiro atoms. The van der Waals surface area contributed by atoms with Gasteiger partial charge in [-0.2, -0.15) is 10.4 Å². The summed E-state index contributed by atoms with van der Waals surface area (Å²) in [6, 6.07) is 6.00. The number of benzene rings is 1. The Bertz CT molecular complexity index is 886. The number of aryl methyl sites for hydroxylation is 1. The van der Waals surface area contributed by atoms with Gasteiger partial charge in [-0.3, -0.25) is 9.59 Å². The van der Waals surface area contributed by atoms with Crippen molar-refractivity contribution in [1.29, 1.82) is 5.26 Å². The zero-order valence-corrected chi connectivity index (χ0v) is 13.9. The van der Waals surface area contributed by atoms with E-state index in [4.69, 9.17) is 5.26 Å². The van der Waals surface area contributed by atoms with Gasteiger partial charge in [-0.25, -0.2) is 9.07 Å². The number of hydrogen-bond donors (Lipinski definition) is 1. The predicted octanol–water partition coefficient (Wildman–Crippen LogP) is 2.27. The molecule has 0 unspecified atom stereocenters. The highest BCUT2D eigenvalue weighted by Crippen LogP contribution is 2.19. The molecule has 1 heterocycles. The SMILES string of the molecule is Cc1nn(CC(=O)Nc2ccc(Br)cc2F)c(=O)c(C#N)c1C. The number of carbonyl (C=O) groups excluding carboxylic acids is 1. The molecule has 0 aliphatic rings. The predicted molar refractivity (Wildman–Crippen MR) is 85.4 cm³/mol. The highest BCUT2D eigenvalue weighted by atomic mass is 79.9. The molecule has 0 fully saturated rings. The first kappa shape index (κ1) is 16.8. The summed E-state index contributed by atoms with van der Waals surface area (Å²) in [5, 5.41) is 15.4. The van der Waals surface area contributed by atoms with Gasteiger partial charge in [-0.05, 0) is 37.6 Å². The fraction of sp³-hybridized carbons (Fsp3) is 0.200. The van der Waals surface area contributed by atoms with Crippen LogP contribution in [-0.4, -0.2) is 15.7 Å². The van der Waals surface area contributed by atoms with Gasteiger partial charge in [0.25, 0.3) is 5.56 Å². The van der Waals surface area contributed by atoms with Gasteiger partial charge in [-0.1, -0.05) is 15.9 Å². The molecule has 6 nitrogen and oxygen atoms in total. The van der Waals surface area contributed by atoms with Crippen LogP contribution in [-0.2, 0) is 11.3 Å². The molecule has 118 valence electrons. The molecule has 0 saturated carbocycles. The maximum Gasteiger partial charge on any atom is 0.285 e. The van der Waals surface area contributed by atoms with Crippen LogP contribution in [0, 0.1) is 31.0 Å². The molecule has 0 saturated heterocycles. The summed E-state index contributed by atoms with van der Waals surface area (Å²) in [6.07, 6.45) is 0. The van der Waals surface area contributed by atoms with E-state index in [1.54, 1.807) is 19.9 Å². The maximum atomic E-state index is 13.7. The van der Waals surface area contributed by atoms with E-state index in [2.05, 4.69) is 26.3 Å². The Morgan fingerprint density at radius 3 is 2.78 bits per heavy atom. The van der Waals surface area contributed by atoms with Crippen LogP contribution in [0.15, 0.2) is 27.5 Å². The minimum absolute atomic E-state index is 0.00408. The number of hydrogen-bond acceptors (Lipinski definition) is 4. The Morgan fingerprint density at radius 2 is 2.17 bits per heavy atom. The molecule has 1 aromatic heterocycles. The van der Waals surface area contributed by atoms with Gasteiger partial charge in [0, 0.05) is 4.47 Å². The van der Waals surface area contributed by atoms with Crippen LogP contribution >= 0.6 is 15.9 Å². The second-order valence-corrected chi connectivity index (χ2v) is 5.75. The summed E-state index contributed by atoms with van der Waals surface area (Å²) in [7, 11) is 0. The first-order valence-corrected chi connectivity index (χ1v) is 7.36. The first-order chi connectivity index (χ1) is 10.8. The van der Waals surface area contributed by atoms with Crippen LogP contribution in [0.3, 0.4) is 0 Å². The topological polar surface area (TPSA) is 87.8 Å². The minimum Gasteiger partial charge on any atom is -0.322 e. The van der Waals surface area contributed by atoms with Crippen LogP contribution in [0.25, 0.3) is 0 Å². The minimum atomic E-state index is -0.651. The lowest BCUT2D eigenvalue weighted by Crippen LogP contribution is -2.32. The van der Waals surface area contributed by atoms with Gasteiger partial charge in [0.2, 0.25) is 5.91 Å². The van der Waals surface area contributed by atoms with E-state index in [1.807, 2.05) is 6.07 Å². The third-order valence-corrected chi connectivity index (χ3v) is 3.74. The summed E-state index contributed by atoms with van der Waals surface area (Å²) < 4.78 is 15.1. The van der Waals surface area contributed by atoms with Crippen molar-refractivity contribution in [3.63, 3.8) is 0 Å². The van der Waals surface area contributed by atoms with Crippen molar-refractivity contribution in [1.82, 2.24) is 9.78 Å². The van der Waals surface area contributed by atoms with Gasteiger partial charge < -0.3 is 5.32 Å². The molecule has 8 heteroatoms. The van der Waals surface area contributed by atoms with Gasteiger partial charge in [0.1, 0.15) is 24.0 Å². The molecule has 0 atom stereocenters.